The molecule has 1 aliphatic carbocycles. The van der Waals surface area contributed by atoms with Crippen LogP contribution in [0.25, 0.3) is 0 Å². The zero-order chi connectivity index (χ0) is 26.4. The van der Waals surface area contributed by atoms with E-state index in [9.17, 15) is 8.42 Å². The van der Waals surface area contributed by atoms with E-state index in [0.717, 1.165) is 34.7 Å². The SMILES string of the molecule is O=S(=O)(Nc1ccc(Oc2ccccc2)cc1)c1ccc2c(c1)[C@H]1C=CC[C@H]1[C@@H](c1ccc3c(c1)OCO3)N2. The monoisotopic (exact) mass is 538 g/mol. The van der Waals surface area contributed by atoms with Crippen LogP contribution in [-0.2, 0) is 10.0 Å². The highest BCUT2D eigenvalue weighted by Crippen LogP contribution is 2.51. The third kappa shape index (κ3) is 4.46. The van der Waals surface area contributed by atoms with Crippen LogP contribution in [0.3, 0.4) is 0 Å². The van der Waals surface area contributed by atoms with E-state index in [1.165, 1.54) is 0 Å². The van der Waals surface area contributed by atoms with Crippen molar-refractivity contribution in [1.82, 2.24) is 0 Å². The maximum Gasteiger partial charge on any atom is 0.261 e. The van der Waals surface area contributed by atoms with Crippen molar-refractivity contribution in [3.63, 3.8) is 0 Å². The van der Waals surface area contributed by atoms with Gasteiger partial charge in [0.2, 0.25) is 6.79 Å². The highest BCUT2D eigenvalue weighted by Gasteiger charge is 2.39. The van der Waals surface area contributed by atoms with Crippen molar-refractivity contribution >= 4 is 21.4 Å². The number of nitrogens with one attached hydrogen (secondary N) is 2. The standard InChI is InChI=1S/C31H26N2O5S/c34-39(35,33-21-10-12-23(13-11-21)38-22-5-2-1-3-6-22)24-14-15-28-27(18-24)25-7-4-8-26(25)31(32-28)20-9-16-29-30(17-20)37-19-36-29/h1-7,9-18,25-26,31-33H,8,19H2/t25-,26+,31+/m0/s1. The molecule has 0 saturated carbocycles. The highest BCUT2D eigenvalue weighted by molar-refractivity contribution is 7.92. The number of hydrogen-bond acceptors (Lipinski definition) is 6. The maximum absolute atomic E-state index is 13.3. The van der Waals surface area contributed by atoms with Gasteiger partial charge >= 0.3 is 0 Å². The Bertz CT molecular complexity index is 1670. The maximum atomic E-state index is 13.3. The molecule has 2 heterocycles. The number of ether oxygens (including phenoxy) is 3. The summed E-state index contributed by atoms with van der Waals surface area (Å²) in [6.07, 6.45) is 5.28. The highest BCUT2D eigenvalue weighted by atomic mass is 32.2. The Morgan fingerprint density at radius 2 is 1.64 bits per heavy atom. The number of fused-ring (bicyclic) bond motifs is 4. The van der Waals surface area contributed by atoms with Crippen LogP contribution in [-0.4, -0.2) is 15.2 Å². The van der Waals surface area contributed by atoms with E-state index in [0.29, 0.717) is 17.2 Å². The van der Waals surface area contributed by atoms with Crippen LogP contribution in [0.4, 0.5) is 11.4 Å². The number of para-hydroxylation sites is 1. The van der Waals surface area contributed by atoms with Gasteiger partial charge in [-0.15, -0.1) is 0 Å². The van der Waals surface area contributed by atoms with E-state index >= 15 is 0 Å². The molecule has 0 aromatic heterocycles. The molecule has 4 aromatic rings. The predicted octanol–water partition coefficient (Wildman–Crippen LogP) is 6.83. The van der Waals surface area contributed by atoms with Gasteiger partial charge in [-0.1, -0.05) is 36.4 Å². The largest absolute Gasteiger partial charge is 0.457 e. The molecule has 3 atom stereocenters. The normalized spacial score (nSPS) is 20.6. The molecule has 0 radical (unpaired) electrons. The van der Waals surface area contributed by atoms with Gasteiger partial charge in [0.25, 0.3) is 10.0 Å². The van der Waals surface area contributed by atoms with E-state index in [2.05, 4.69) is 28.3 Å². The molecule has 0 bridgehead atoms. The van der Waals surface area contributed by atoms with E-state index in [1.807, 2.05) is 48.5 Å². The number of benzene rings is 4. The third-order valence-corrected chi connectivity index (χ3v) is 8.86. The second-order valence-electron chi connectivity index (χ2n) is 9.88. The zero-order valence-corrected chi connectivity index (χ0v) is 21.7. The summed E-state index contributed by atoms with van der Waals surface area (Å²) in [5.74, 6) is 3.24. The average molecular weight is 539 g/mol. The molecule has 39 heavy (non-hydrogen) atoms. The van der Waals surface area contributed by atoms with Gasteiger partial charge in [0.15, 0.2) is 11.5 Å². The Morgan fingerprint density at radius 1 is 0.846 bits per heavy atom. The van der Waals surface area contributed by atoms with Gasteiger partial charge in [0.1, 0.15) is 11.5 Å². The van der Waals surface area contributed by atoms with Crippen LogP contribution in [0.2, 0.25) is 0 Å². The molecule has 0 unspecified atom stereocenters. The number of anilines is 2. The molecular weight excluding hydrogens is 512 g/mol. The van der Waals surface area contributed by atoms with Gasteiger partial charge in [-0.3, -0.25) is 4.72 Å². The molecule has 8 heteroatoms. The van der Waals surface area contributed by atoms with E-state index < -0.39 is 10.0 Å². The van der Waals surface area contributed by atoms with Gasteiger partial charge in [-0.25, -0.2) is 8.42 Å². The Morgan fingerprint density at radius 3 is 2.49 bits per heavy atom. The fraction of sp³-hybridized carbons (Fsp3) is 0.161. The van der Waals surface area contributed by atoms with Gasteiger partial charge in [0.05, 0.1) is 10.9 Å². The lowest BCUT2D eigenvalue weighted by Gasteiger charge is -2.37. The molecule has 7 rings (SSSR count). The van der Waals surface area contributed by atoms with Crippen LogP contribution >= 0.6 is 0 Å². The molecule has 2 N–H and O–H groups in total. The summed E-state index contributed by atoms with van der Waals surface area (Å²) in [7, 11) is -3.79. The molecule has 0 saturated heterocycles. The molecular formula is C31H26N2O5S. The Labute approximate surface area is 227 Å². The van der Waals surface area contributed by atoms with Gasteiger partial charge in [-0.05, 0) is 90.2 Å². The average Bonchev–Trinajstić information content (AvgIpc) is 3.64. The summed E-state index contributed by atoms with van der Waals surface area (Å²) in [5.41, 5.74) is 3.52. The summed E-state index contributed by atoms with van der Waals surface area (Å²) >= 11 is 0. The van der Waals surface area contributed by atoms with Gasteiger partial charge < -0.3 is 19.5 Å². The molecule has 7 nitrogen and oxygen atoms in total. The molecule has 0 spiro atoms. The fourth-order valence-electron chi connectivity index (χ4n) is 5.61. The first-order chi connectivity index (χ1) is 19.0. The Kier molecular flexibility index (Phi) is 5.70. The second-order valence-corrected chi connectivity index (χ2v) is 11.6. The fourth-order valence-corrected chi connectivity index (χ4v) is 6.70. The zero-order valence-electron chi connectivity index (χ0n) is 20.9. The van der Waals surface area contributed by atoms with Crippen LogP contribution in [0.15, 0.2) is 108 Å². The quantitative estimate of drug-likeness (QED) is 0.262. The molecule has 4 aromatic carbocycles. The number of rotatable bonds is 6. The molecule has 2 aliphatic heterocycles. The first-order valence-corrected chi connectivity index (χ1v) is 14.3. The number of hydrogen-bond donors (Lipinski definition) is 2. The lowest BCUT2D eigenvalue weighted by Crippen LogP contribution is -2.29. The first-order valence-electron chi connectivity index (χ1n) is 12.9. The molecule has 196 valence electrons. The summed E-state index contributed by atoms with van der Waals surface area (Å²) in [5, 5.41) is 3.66. The van der Waals surface area contributed by atoms with E-state index in [-0.39, 0.29) is 29.6 Å². The van der Waals surface area contributed by atoms with Crippen LogP contribution in [0, 0.1) is 5.92 Å². The van der Waals surface area contributed by atoms with Crippen LogP contribution in [0.5, 0.6) is 23.0 Å². The van der Waals surface area contributed by atoms with Crippen molar-refractivity contribution in [2.45, 2.75) is 23.3 Å². The summed E-state index contributed by atoms with van der Waals surface area (Å²) in [6.45, 7) is 0.240. The summed E-state index contributed by atoms with van der Waals surface area (Å²) < 4.78 is 46.3. The van der Waals surface area contributed by atoms with Crippen molar-refractivity contribution in [3.05, 3.63) is 114 Å². The van der Waals surface area contributed by atoms with E-state index in [1.54, 1.807) is 36.4 Å². The minimum atomic E-state index is -3.79. The van der Waals surface area contributed by atoms with E-state index in [4.69, 9.17) is 14.2 Å². The van der Waals surface area contributed by atoms with Crippen LogP contribution < -0.4 is 24.2 Å². The first kappa shape index (κ1) is 23.7. The van der Waals surface area contributed by atoms with Crippen molar-refractivity contribution < 1.29 is 22.6 Å². The summed E-state index contributed by atoms with van der Waals surface area (Å²) in [4.78, 5) is 0.230. The predicted molar refractivity (Wildman–Crippen MR) is 149 cm³/mol. The van der Waals surface area contributed by atoms with Gasteiger partial charge in [0, 0.05) is 17.3 Å². The second kappa shape index (κ2) is 9.39. The Hall–Kier alpha value is -4.43. The molecule has 3 aliphatic rings. The number of sulfonamides is 1. The lowest BCUT2D eigenvalue weighted by molar-refractivity contribution is 0.174. The smallest absolute Gasteiger partial charge is 0.261 e. The Balaban J connectivity index is 1.12. The van der Waals surface area contributed by atoms with Crippen molar-refractivity contribution in [3.8, 4) is 23.0 Å². The molecule has 0 fully saturated rings. The minimum Gasteiger partial charge on any atom is -0.457 e. The summed E-state index contributed by atoms with van der Waals surface area (Å²) in [6, 6.07) is 27.8. The number of allylic oxidation sites excluding steroid dienone is 2. The minimum absolute atomic E-state index is 0.0733. The van der Waals surface area contributed by atoms with Crippen LogP contribution in [0.1, 0.15) is 29.5 Å². The van der Waals surface area contributed by atoms with Crippen molar-refractivity contribution in [2.75, 3.05) is 16.8 Å². The molecule has 0 amide bonds. The lowest BCUT2D eigenvalue weighted by atomic mass is 9.77. The topological polar surface area (TPSA) is 85.9 Å². The van der Waals surface area contributed by atoms with Gasteiger partial charge in [-0.2, -0.15) is 0 Å². The third-order valence-electron chi connectivity index (χ3n) is 7.49. The van der Waals surface area contributed by atoms with Crippen molar-refractivity contribution in [2.24, 2.45) is 5.92 Å². The van der Waals surface area contributed by atoms with Crippen molar-refractivity contribution in [1.29, 1.82) is 0 Å².